The molecule has 1 amide bonds. The Morgan fingerprint density at radius 1 is 1.58 bits per heavy atom. The maximum absolute atomic E-state index is 11.1. The third kappa shape index (κ3) is 1.88. The number of nitrogens with one attached hydrogen (secondary N) is 1. The minimum Gasteiger partial charge on any atom is -0.507 e. The highest BCUT2D eigenvalue weighted by Gasteiger charge is 2.08. The van der Waals surface area contributed by atoms with E-state index in [0.29, 0.717) is 5.56 Å². The zero-order chi connectivity index (χ0) is 9.14. The van der Waals surface area contributed by atoms with Gasteiger partial charge < -0.3 is 10.4 Å². The third-order valence-electron chi connectivity index (χ3n) is 1.43. The van der Waals surface area contributed by atoms with Crippen molar-refractivity contribution < 1.29 is 9.90 Å². The highest BCUT2D eigenvalue weighted by atomic mass is 127. The molecule has 0 radical (unpaired) electrons. The first-order valence-electron chi connectivity index (χ1n) is 3.35. The van der Waals surface area contributed by atoms with E-state index >= 15 is 0 Å². The highest BCUT2D eigenvalue weighted by Crippen LogP contribution is 2.18. The smallest absolute Gasteiger partial charge is 0.254 e. The van der Waals surface area contributed by atoms with Gasteiger partial charge in [-0.15, -0.1) is 0 Å². The first-order chi connectivity index (χ1) is 5.65. The van der Waals surface area contributed by atoms with Gasteiger partial charge in [0.25, 0.3) is 5.91 Å². The lowest BCUT2D eigenvalue weighted by atomic mass is 10.2. The molecule has 0 aliphatic carbocycles. The van der Waals surface area contributed by atoms with Gasteiger partial charge in [0.1, 0.15) is 5.75 Å². The lowest BCUT2D eigenvalue weighted by Crippen LogP contribution is -2.17. The largest absolute Gasteiger partial charge is 0.507 e. The van der Waals surface area contributed by atoms with Gasteiger partial charge in [0, 0.05) is 10.6 Å². The number of hydrogen-bond acceptors (Lipinski definition) is 2. The predicted octanol–water partition coefficient (Wildman–Crippen LogP) is 1.36. The summed E-state index contributed by atoms with van der Waals surface area (Å²) in [5.41, 5.74) is 0.310. The molecule has 64 valence electrons. The van der Waals surface area contributed by atoms with Crippen molar-refractivity contribution in [1.29, 1.82) is 0 Å². The van der Waals surface area contributed by atoms with E-state index in [9.17, 15) is 9.90 Å². The number of carbonyl (C=O) groups is 1. The SMILES string of the molecule is CNC(=O)c1cc(I)ccc1O. The van der Waals surface area contributed by atoms with Crippen LogP contribution in [0.5, 0.6) is 5.75 Å². The molecular weight excluding hydrogens is 269 g/mol. The molecule has 1 rings (SSSR count). The van der Waals surface area contributed by atoms with Crippen molar-refractivity contribution in [2.45, 2.75) is 0 Å². The van der Waals surface area contributed by atoms with Crippen LogP contribution in [0.4, 0.5) is 0 Å². The van der Waals surface area contributed by atoms with Gasteiger partial charge in [-0.2, -0.15) is 0 Å². The van der Waals surface area contributed by atoms with E-state index in [1.807, 2.05) is 0 Å². The Hall–Kier alpha value is -0.780. The van der Waals surface area contributed by atoms with Gasteiger partial charge in [-0.25, -0.2) is 0 Å². The van der Waals surface area contributed by atoms with Crippen LogP contribution in [0.2, 0.25) is 0 Å². The van der Waals surface area contributed by atoms with Gasteiger partial charge in [0.15, 0.2) is 0 Å². The number of rotatable bonds is 1. The van der Waals surface area contributed by atoms with E-state index < -0.39 is 0 Å². The molecule has 0 unspecified atom stereocenters. The van der Waals surface area contributed by atoms with Gasteiger partial charge in [0.2, 0.25) is 0 Å². The average Bonchev–Trinajstić information content (AvgIpc) is 2.08. The first kappa shape index (κ1) is 9.31. The zero-order valence-corrected chi connectivity index (χ0v) is 8.62. The Kier molecular flexibility index (Phi) is 2.91. The number of benzene rings is 1. The van der Waals surface area contributed by atoms with Gasteiger partial charge in [-0.3, -0.25) is 4.79 Å². The van der Waals surface area contributed by atoms with Crippen LogP contribution in [0.3, 0.4) is 0 Å². The van der Waals surface area contributed by atoms with Crippen LogP contribution in [0.1, 0.15) is 10.4 Å². The monoisotopic (exact) mass is 277 g/mol. The Balaban J connectivity index is 3.13. The van der Waals surface area contributed by atoms with E-state index in [-0.39, 0.29) is 11.7 Å². The molecule has 1 aromatic carbocycles. The summed E-state index contributed by atoms with van der Waals surface area (Å²) in [6, 6.07) is 4.88. The fourth-order valence-corrected chi connectivity index (χ4v) is 1.32. The molecule has 0 aromatic heterocycles. The number of phenols is 1. The summed E-state index contributed by atoms with van der Waals surface area (Å²) in [6.45, 7) is 0. The summed E-state index contributed by atoms with van der Waals surface area (Å²) >= 11 is 2.08. The first-order valence-corrected chi connectivity index (χ1v) is 4.43. The molecule has 12 heavy (non-hydrogen) atoms. The van der Waals surface area contributed by atoms with Gasteiger partial charge in [-0.05, 0) is 40.8 Å². The fourth-order valence-electron chi connectivity index (χ4n) is 0.825. The summed E-state index contributed by atoms with van der Waals surface area (Å²) in [6.07, 6.45) is 0. The molecule has 0 aliphatic rings. The lowest BCUT2D eigenvalue weighted by molar-refractivity contribution is 0.0960. The third-order valence-corrected chi connectivity index (χ3v) is 2.10. The fraction of sp³-hybridized carbons (Fsp3) is 0.125. The van der Waals surface area contributed by atoms with Crippen molar-refractivity contribution in [3.05, 3.63) is 27.3 Å². The molecule has 0 saturated carbocycles. The standard InChI is InChI=1S/C8H8INO2/c1-10-8(12)6-4-5(9)2-3-7(6)11/h2-4,11H,1H3,(H,10,12). The van der Waals surface area contributed by atoms with Crippen molar-refractivity contribution in [3.8, 4) is 5.75 Å². The molecule has 1 aromatic rings. The zero-order valence-electron chi connectivity index (χ0n) is 6.47. The van der Waals surface area contributed by atoms with Crippen LogP contribution in [-0.4, -0.2) is 18.1 Å². The van der Waals surface area contributed by atoms with E-state index in [2.05, 4.69) is 27.9 Å². The average molecular weight is 277 g/mol. The van der Waals surface area contributed by atoms with E-state index in [4.69, 9.17) is 0 Å². The van der Waals surface area contributed by atoms with Crippen LogP contribution in [0.15, 0.2) is 18.2 Å². The molecular formula is C8H8INO2. The van der Waals surface area contributed by atoms with Crippen molar-refractivity contribution in [2.75, 3.05) is 7.05 Å². The van der Waals surface area contributed by atoms with E-state index in [1.165, 1.54) is 13.1 Å². The topological polar surface area (TPSA) is 49.3 Å². The minimum atomic E-state index is -0.272. The van der Waals surface area contributed by atoms with Crippen molar-refractivity contribution in [2.24, 2.45) is 0 Å². The lowest BCUT2D eigenvalue weighted by Gasteiger charge is -2.02. The second kappa shape index (κ2) is 3.75. The van der Waals surface area contributed by atoms with Crippen LogP contribution in [-0.2, 0) is 0 Å². The molecule has 0 bridgehead atoms. The number of aromatic hydroxyl groups is 1. The number of halogens is 1. The van der Waals surface area contributed by atoms with Crippen molar-refractivity contribution in [1.82, 2.24) is 5.32 Å². The quantitative estimate of drug-likeness (QED) is 0.761. The number of phenolic OH excluding ortho intramolecular Hbond substituents is 1. The molecule has 2 N–H and O–H groups in total. The van der Waals surface area contributed by atoms with Crippen molar-refractivity contribution >= 4 is 28.5 Å². The Morgan fingerprint density at radius 2 is 2.25 bits per heavy atom. The van der Waals surface area contributed by atoms with Crippen LogP contribution in [0, 0.1) is 3.57 Å². The van der Waals surface area contributed by atoms with Gasteiger partial charge in [0.05, 0.1) is 5.56 Å². The molecule has 3 nitrogen and oxygen atoms in total. The molecule has 0 spiro atoms. The molecule has 0 aliphatic heterocycles. The van der Waals surface area contributed by atoms with Crippen LogP contribution < -0.4 is 5.32 Å². The maximum atomic E-state index is 11.1. The number of amides is 1. The summed E-state index contributed by atoms with van der Waals surface area (Å²) in [7, 11) is 1.53. The van der Waals surface area contributed by atoms with Crippen LogP contribution in [0.25, 0.3) is 0 Å². The second-order valence-electron chi connectivity index (χ2n) is 2.24. The van der Waals surface area contributed by atoms with E-state index in [1.54, 1.807) is 12.1 Å². The van der Waals surface area contributed by atoms with Gasteiger partial charge in [-0.1, -0.05) is 0 Å². The highest BCUT2D eigenvalue weighted by molar-refractivity contribution is 14.1. The molecule has 0 atom stereocenters. The maximum Gasteiger partial charge on any atom is 0.254 e. The van der Waals surface area contributed by atoms with Crippen molar-refractivity contribution in [3.63, 3.8) is 0 Å². The van der Waals surface area contributed by atoms with E-state index in [0.717, 1.165) is 3.57 Å². The van der Waals surface area contributed by atoms with Crippen LogP contribution >= 0.6 is 22.6 Å². The Bertz CT molecular complexity index is 312. The normalized spacial score (nSPS) is 9.50. The summed E-state index contributed by atoms with van der Waals surface area (Å²) in [5.74, 6) is -0.263. The molecule has 0 fully saturated rings. The number of hydrogen-bond donors (Lipinski definition) is 2. The predicted molar refractivity (Wildman–Crippen MR) is 54.2 cm³/mol. The summed E-state index contributed by atoms with van der Waals surface area (Å²) in [4.78, 5) is 11.1. The Labute approximate surface area is 83.9 Å². The summed E-state index contributed by atoms with van der Waals surface area (Å²) < 4.78 is 0.920. The second-order valence-corrected chi connectivity index (χ2v) is 3.49. The number of carbonyl (C=O) groups excluding carboxylic acids is 1. The molecule has 0 saturated heterocycles. The minimum absolute atomic E-state index is 0.00904. The Morgan fingerprint density at radius 3 is 2.83 bits per heavy atom. The van der Waals surface area contributed by atoms with Gasteiger partial charge >= 0.3 is 0 Å². The molecule has 4 heteroatoms. The summed E-state index contributed by atoms with van der Waals surface area (Å²) in [5, 5.41) is 11.7. The molecule has 0 heterocycles.